The van der Waals surface area contributed by atoms with Crippen LogP contribution in [0.15, 0.2) is 54.9 Å². The van der Waals surface area contributed by atoms with Crippen LogP contribution in [0.5, 0.6) is 0 Å². The number of carboxylic acids is 1. The lowest BCUT2D eigenvalue weighted by Gasteiger charge is -2.23. The number of anilines is 1. The van der Waals surface area contributed by atoms with Crippen LogP contribution in [0.2, 0.25) is 0 Å². The monoisotopic (exact) mass is 348 g/mol. The highest BCUT2D eigenvalue weighted by molar-refractivity contribution is 6.00. The van der Waals surface area contributed by atoms with Gasteiger partial charge in [-0.2, -0.15) is 0 Å². The summed E-state index contributed by atoms with van der Waals surface area (Å²) in [6.45, 7) is 5.25. The maximum absolute atomic E-state index is 12.1. The second-order valence-electron chi connectivity index (χ2n) is 5.68. The van der Waals surface area contributed by atoms with Crippen molar-refractivity contribution < 1.29 is 9.90 Å². The minimum atomic E-state index is -1.04. The lowest BCUT2D eigenvalue weighted by molar-refractivity contribution is 0.0697. The quantitative estimate of drug-likeness (QED) is 0.731. The third-order valence-corrected chi connectivity index (χ3v) is 4.13. The second-order valence-corrected chi connectivity index (χ2v) is 5.68. The molecule has 2 heterocycles. The highest BCUT2D eigenvalue weighted by atomic mass is 16.4. The highest BCUT2D eigenvalue weighted by Crippen LogP contribution is 2.31. The van der Waals surface area contributed by atoms with Crippen LogP contribution < -0.4 is 4.90 Å². The molecule has 132 valence electrons. The van der Waals surface area contributed by atoms with Gasteiger partial charge >= 0.3 is 5.97 Å². The van der Waals surface area contributed by atoms with E-state index in [-0.39, 0.29) is 5.56 Å². The third-order valence-electron chi connectivity index (χ3n) is 4.13. The molecule has 3 aromatic rings. The van der Waals surface area contributed by atoms with Crippen LogP contribution in [0.4, 0.5) is 5.82 Å². The number of carbonyl (C=O) groups is 1. The number of aromatic carboxylic acids is 1. The van der Waals surface area contributed by atoms with Crippen LogP contribution in [-0.4, -0.2) is 39.1 Å². The number of hydrogen-bond donors (Lipinski definition) is 1. The normalized spacial score (nSPS) is 10.5. The van der Waals surface area contributed by atoms with E-state index in [1.165, 1.54) is 0 Å². The van der Waals surface area contributed by atoms with Crippen LogP contribution in [0.3, 0.4) is 0 Å². The minimum Gasteiger partial charge on any atom is -0.477 e. The number of aromatic nitrogens is 3. The molecule has 0 spiro atoms. The van der Waals surface area contributed by atoms with Crippen LogP contribution in [0.1, 0.15) is 24.2 Å². The van der Waals surface area contributed by atoms with Gasteiger partial charge in [-0.05, 0) is 26.0 Å². The van der Waals surface area contributed by atoms with Gasteiger partial charge in [-0.15, -0.1) is 0 Å². The van der Waals surface area contributed by atoms with Crippen LogP contribution in [0, 0.1) is 0 Å². The Labute approximate surface area is 152 Å². The van der Waals surface area contributed by atoms with Gasteiger partial charge in [0.1, 0.15) is 11.4 Å². The number of nitrogens with zero attached hydrogens (tertiary/aromatic N) is 4. The van der Waals surface area contributed by atoms with Crippen molar-refractivity contribution in [2.24, 2.45) is 0 Å². The topological polar surface area (TPSA) is 79.2 Å². The van der Waals surface area contributed by atoms with Crippen molar-refractivity contribution in [1.29, 1.82) is 0 Å². The van der Waals surface area contributed by atoms with E-state index in [0.29, 0.717) is 30.4 Å². The summed E-state index contributed by atoms with van der Waals surface area (Å²) in [6, 6.07) is 13.0. The van der Waals surface area contributed by atoms with Crippen molar-refractivity contribution in [2.45, 2.75) is 13.8 Å². The van der Waals surface area contributed by atoms with E-state index in [4.69, 9.17) is 0 Å². The molecule has 0 amide bonds. The fourth-order valence-electron chi connectivity index (χ4n) is 2.83. The highest BCUT2D eigenvalue weighted by Gasteiger charge is 2.24. The molecule has 6 nitrogen and oxygen atoms in total. The Hall–Kier alpha value is -3.28. The van der Waals surface area contributed by atoms with Gasteiger partial charge < -0.3 is 10.0 Å². The molecule has 0 aliphatic carbocycles. The molecule has 3 rings (SSSR count). The van der Waals surface area contributed by atoms with Crippen molar-refractivity contribution >= 4 is 11.8 Å². The Balaban J connectivity index is 2.33. The lowest BCUT2D eigenvalue weighted by atomic mass is 10.1. The van der Waals surface area contributed by atoms with E-state index in [9.17, 15) is 9.90 Å². The van der Waals surface area contributed by atoms with Crippen molar-refractivity contribution in [3.05, 3.63) is 60.4 Å². The molecule has 0 radical (unpaired) electrons. The fraction of sp³-hybridized carbons (Fsp3) is 0.200. The summed E-state index contributed by atoms with van der Waals surface area (Å²) in [5.74, 6) is -0.150. The molecule has 0 fully saturated rings. The van der Waals surface area contributed by atoms with Gasteiger partial charge in [0.15, 0.2) is 5.82 Å². The predicted octanol–water partition coefficient (Wildman–Crippen LogP) is 3.75. The Morgan fingerprint density at radius 1 is 1.00 bits per heavy atom. The Bertz CT molecular complexity index is 894. The van der Waals surface area contributed by atoms with Crippen LogP contribution >= 0.6 is 0 Å². The van der Waals surface area contributed by atoms with Gasteiger partial charge in [-0.3, -0.25) is 4.98 Å². The maximum atomic E-state index is 12.1. The third kappa shape index (κ3) is 3.39. The smallest absolute Gasteiger partial charge is 0.341 e. The molecule has 1 aromatic carbocycles. The number of hydrogen-bond acceptors (Lipinski definition) is 5. The Kier molecular flexibility index (Phi) is 5.22. The van der Waals surface area contributed by atoms with E-state index in [1.807, 2.05) is 61.2 Å². The van der Waals surface area contributed by atoms with Crippen LogP contribution in [0.25, 0.3) is 22.6 Å². The summed E-state index contributed by atoms with van der Waals surface area (Å²) in [5, 5.41) is 9.89. The average Bonchev–Trinajstić information content (AvgIpc) is 2.69. The SMILES string of the molecule is CCN(CC)c1nc(-c2cccnc2)nc(-c2ccccc2)c1C(=O)O. The van der Waals surface area contributed by atoms with Crippen molar-refractivity contribution in [2.75, 3.05) is 18.0 Å². The molecule has 0 aliphatic heterocycles. The number of rotatable bonds is 6. The van der Waals surface area contributed by atoms with E-state index in [2.05, 4.69) is 15.0 Å². The molecule has 0 unspecified atom stereocenters. The first-order chi connectivity index (χ1) is 12.7. The molecule has 0 saturated carbocycles. The predicted molar refractivity (Wildman–Crippen MR) is 101 cm³/mol. The minimum absolute atomic E-state index is 0.118. The van der Waals surface area contributed by atoms with Gasteiger partial charge in [0.2, 0.25) is 0 Å². The van der Waals surface area contributed by atoms with E-state index in [0.717, 1.165) is 11.1 Å². The molecule has 0 saturated heterocycles. The second kappa shape index (κ2) is 7.74. The molecule has 6 heteroatoms. The zero-order valence-electron chi connectivity index (χ0n) is 14.8. The largest absolute Gasteiger partial charge is 0.477 e. The van der Waals surface area contributed by atoms with Gasteiger partial charge in [-0.1, -0.05) is 30.3 Å². The Morgan fingerprint density at radius 3 is 2.27 bits per heavy atom. The molecular weight excluding hydrogens is 328 g/mol. The summed E-state index contributed by atoms with van der Waals surface area (Å²) >= 11 is 0. The average molecular weight is 348 g/mol. The van der Waals surface area contributed by atoms with E-state index >= 15 is 0 Å². The number of pyridine rings is 1. The number of carboxylic acid groups (broad SMARTS) is 1. The summed E-state index contributed by atoms with van der Waals surface area (Å²) in [4.78, 5) is 27.3. The standard InChI is InChI=1S/C20H20N4O2/c1-3-24(4-2)19-16(20(25)26)17(14-9-6-5-7-10-14)22-18(23-19)15-11-8-12-21-13-15/h5-13H,3-4H2,1-2H3,(H,25,26). The number of benzene rings is 1. The first-order valence-electron chi connectivity index (χ1n) is 8.51. The van der Waals surface area contributed by atoms with Crippen molar-refractivity contribution in [3.63, 3.8) is 0 Å². The van der Waals surface area contributed by atoms with E-state index in [1.54, 1.807) is 12.4 Å². The maximum Gasteiger partial charge on any atom is 0.341 e. The molecule has 2 aromatic heterocycles. The fourth-order valence-corrected chi connectivity index (χ4v) is 2.83. The van der Waals surface area contributed by atoms with Crippen LogP contribution in [-0.2, 0) is 0 Å². The van der Waals surface area contributed by atoms with Crippen molar-refractivity contribution in [1.82, 2.24) is 15.0 Å². The first-order valence-corrected chi connectivity index (χ1v) is 8.51. The van der Waals surface area contributed by atoms with Crippen molar-refractivity contribution in [3.8, 4) is 22.6 Å². The molecule has 1 N–H and O–H groups in total. The summed E-state index contributed by atoms with van der Waals surface area (Å²) in [7, 11) is 0. The molecule has 0 aliphatic rings. The van der Waals surface area contributed by atoms with E-state index < -0.39 is 5.97 Å². The van der Waals surface area contributed by atoms with Gasteiger partial charge in [0.25, 0.3) is 0 Å². The Morgan fingerprint density at radius 2 is 1.69 bits per heavy atom. The van der Waals surface area contributed by atoms with Gasteiger partial charge in [0.05, 0.1) is 5.69 Å². The molecule has 26 heavy (non-hydrogen) atoms. The summed E-state index contributed by atoms with van der Waals surface area (Å²) in [5.41, 5.74) is 2.02. The first kappa shape index (κ1) is 17.5. The zero-order chi connectivity index (χ0) is 18.5. The molecule has 0 bridgehead atoms. The lowest BCUT2D eigenvalue weighted by Crippen LogP contribution is -2.26. The zero-order valence-corrected chi connectivity index (χ0v) is 14.8. The summed E-state index contributed by atoms with van der Waals surface area (Å²) in [6.07, 6.45) is 3.36. The van der Waals surface area contributed by atoms with Gasteiger partial charge in [-0.25, -0.2) is 14.8 Å². The molecule has 0 atom stereocenters. The summed E-state index contributed by atoms with van der Waals surface area (Å²) < 4.78 is 0. The van der Waals surface area contributed by atoms with Gasteiger partial charge in [0, 0.05) is 36.6 Å². The molecular formula is C20H20N4O2.